The van der Waals surface area contributed by atoms with E-state index in [4.69, 9.17) is 0 Å². The second-order valence-corrected chi connectivity index (χ2v) is 4.82. The Morgan fingerprint density at radius 1 is 1.55 bits per heavy atom. The highest BCUT2D eigenvalue weighted by Gasteiger charge is 2.24. The molecule has 6 heteroatoms. The summed E-state index contributed by atoms with van der Waals surface area (Å²) in [5.41, 5.74) is 0.511. The van der Waals surface area contributed by atoms with E-state index >= 15 is 0 Å². The molecule has 1 atom stereocenters. The fraction of sp³-hybridized carbons (Fsp3) is 0.500. The van der Waals surface area contributed by atoms with Gasteiger partial charge in [-0.25, -0.2) is 4.98 Å². The summed E-state index contributed by atoms with van der Waals surface area (Å²) < 4.78 is 0. The molecule has 1 aliphatic heterocycles. The van der Waals surface area contributed by atoms with E-state index in [0.717, 1.165) is 19.4 Å². The number of nitrogens with one attached hydrogen (secondary N) is 3. The molecule has 1 unspecified atom stereocenters. The van der Waals surface area contributed by atoms with Crippen molar-refractivity contribution < 1.29 is 9.59 Å². The first kappa shape index (κ1) is 14.3. The van der Waals surface area contributed by atoms with E-state index in [1.165, 1.54) is 0 Å². The average Bonchev–Trinajstić information content (AvgIpc) is 2.48. The lowest BCUT2D eigenvalue weighted by molar-refractivity contribution is -0.124. The SMILES string of the molecule is CCCNc1cc(C(=O)NC2CCCNC2=O)ccn1. The zero-order valence-corrected chi connectivity index (χ0v) is 11.6. The first-order chi connectivity index (χ1) is 9.70. The Hall–Kier alpha value is -2.11. The third kappa shape index (κ3) is 3.69. The fourth-order valence-electron chi connectivity index (χ4n) is 2.07. The van der Waals surface area contributed by atoms with Crippen molar-refractivity contribution in [2.45, 2.75) is 32.2 Å². The quantitative estimate of drug-likeness (QED) is 0.746. The maximum Gasteiger partial charge on any atom is 0.252 e. The Kier molecular flexibility index (Phi) is 4.92. The van der Waals surface area contributed by atoms with Crippen LogP contribution in [0.15, 0.2) is 18.3 Å². The van der Waals surface area contributed by atoms with Gasteiger partial charge >= 0.3 is 0 Å². The average molecular weight is 276 g/mol. The minimum absolute atomic E-state index is 0.108. The molecule has 0 bridgehead atoms. The molecular weight excluding hydrogens is 256 g/mol. The normalized spacial score (nSPS) is 18.2. The molecule has 2 rings (SSSR count). The maximum atomic E-state index is 12.1. The van der Waals surface area contributed by atoms with Crippen molar-refractivity contribution in [3.63, 3.8) is 0 Å². The molecule has 108 valence electrons. The number of pyridine rings is 1. The Bertz CT molecular complexity index is 490. The van der Waals surface area contributed by atoms with Crippen LogP contribution in [-0.2, 0) is 4.79 Å². The molecule has 1 aromatic heterocycles. The lowest BCUT2D eigenvalue weighted by Crippen LogP contribution is -2.50. The molecule has 3 N–H and O–H groups in total. The van der Waals surface area contributed by atoms with Crippen LogP contribution in [0.1, 0.15) is 36.5 Å². The number of hydrogen-bond acceptors (Lipinski definition) is 4. The van der Waals surface area contributed by atoms with Crippen LogP contribution in [0.2, 0.25) is 0 Å². The summed E-state index contributed by atoms with van der Waals surface area (Å²) in [6.45, 7) is 3.56. The van der Waals surface area contributed by atoms with E-state index in [-0.39, 0.29) is 11.8 Å². The summed E-state index contributed by atoms with van der Waals surface area (Å²) in [5.74, 6) is 0.324. The van der Waals surface area contributed by atoms with E-state index in [1.807, 2.05) is 0 Å². The Morgan fingerprint density at radius 2 is 2.40 bits per heavy atom. The van der Waals surface area contributed by atoms with Crippen LogP contribution >= 0.6 is 0 Å². The van der Waals surface area contributed by atoms with E-state index in [2.05, 4.69) is 27.9 Å². The van der Waals surface area contributed by atoms with Gasteiger partial charge in [0.1, 0.15) is 11.9 Å². The van der Waals surface area contributed by atoms with Crippen LogP contribution in [-0.4, -0.2) is 35.9 Å². The number of hydrogen-bond donors (Lipinski definition) is 3. The van der Waals surface area contributed by atoms with E-state index in [9.17, 15) is 9.59 Å². The van der Waals surface area contributed by atoms with Gasteiger partial charge in [-0.05, 0) is 31.4 Å². The Morgan fingerprint density at radius 3 is 3.15 bits per heavy atom. The summed E-state index contributed by atoms with van der Waals surface area (Å²) in [6, 6.07) is 2.91. The number of piperidine rings is 1. The number of nitrogens with zero attached hydrogens (tertiary/aromatic N) is 1. The van der Waals surface area contributed by atoms with Crippen molar-refractivity contribution in [2.24, 2.45) is 0 Å². The molecule has 6 nitrogen and oxygen atoms in total. The molecule has 0 aliphatic carbocycles. The van der Waals surface area contributed by atoms with Crippen LogP contribution in [0.4, 0.5) is 5.82 Å². The zero-order valence-electron chi connectivity index (χ0n) is 11.6. The van der Waals surface area contributed by atoms with Crippen LogP contribution in [0.3, 0.4) is 0 Å². The summed E-state index contributed by atoms with van der Waals surface area (Å²) in [6.07, 6.45) is 4.15. The number of aromatic nitrogens is 1. The van der Waals surface area contributed by atoms with Gasteiger partial charge in [-0.2, -0.15) is 0 Å². The van der Waals surface area contributed by atoms with Gasteiger partial charge in [0.15, 0.2) is 0 Å². The minimum atomic E-state index is -0.434. The maximum absolute atomic E-state index is 12.1. The van der Waals surface area contributed by atoms with Gasteiger partial charge in [-0.3, -0.25) is 9.59 Å². The van der Waals surface area contributed by atoms with E-state index in [1.54, 1.807) is 18.3 Å². The number of carbonyl (C=O) groups is 2. The molecule has 0 saturated carbocycles. The molecule has 0 spiro atoms. The molecular formula is C14H20N4O2. The number of anilines is 1. The topological polar surface area (TPSA) is 83.1 Å². The van der Waals surface area contributed by atoms with Gasteiger partial charge in [0, 0.05) is 24.8 Å². The van der Waals surface area contributed by atoms with Gasteiger partial charge in [-0.15, -0.1) is 0 Å². The third-order valence-electron chi connectivity index (χ3n) is 3.17. The van der Waals surface area contributed by atoms with Gasteiger partial charge in [0.05, 0.1) is 0 Å². The highest BCUT2D eigenvalue weighted by atomic mass is 16.2. The number of amides is 2. The lowest BCUT2D eigenvalue weighted by atomic mass is 10.1. The van der Waals surface area contributed by atoms with Crippen molar-refractivity contribution in [2.75, 3.05) is 18.4 Å². The van der Waals surface area contributed by atoms with Crippen molar-refractivity contribution in [1.29, 1.82) is 0 Å². The van der Waals surface area contributed by atoms with Gasteiger partial charge in [0.25, 0.3) is 5.91 Å². The molecule has 1 aromatic rings. The van der Waals surface area contributed by atoms with Crippen molar-refractivity contribution in [3.05, 3.63) is 23.9 Å². The second kappa shape index (κ2) is 6.88. The van der Waals surface area contributed by atoms with Gasteiger partial charge < -0.3 is 16.0 Å². The number of rotatable bonds is 5. The fourth-order valence-corrected chi connectivity index (χ4v) is 2.07. The monoisotopic (exact) mass is 276 g/mol. The van der Waals surface area contributed by atoms with Crippen molar-refractivity contribution in [3.8, 4) is 0 Å². The highest BCUT2D eigenvalue weighted by molar-refractivity contribution is 5.98. The lowest BCUT2D eigenvalue weighted by Gasteiger charge is -2.22. The molecule has 1 fully saturated rings. The predicted octanol–water partition coefficient (Wildman–Crippen LogP) is 0.912. The zero-order chi connectivity index (χ0) is 14.4. The van der Waals surface area contributed by atoms with Crippen LogP contribution in [0.5, 0.6) is 0 Å². The second-order valence-electron chi connectivity index (χ2n) is 4.82. The molecule has 1 aliphatic rings. The van der Waals surface area contributed by atoms with Crippen LogP contribution in [0, 0.1) is 0 Å². The molecule has 2 amide bonds. The Balaban J connectivity index is 1.99. The van der Waals surface area contributed by atoms with E-state index < -0.39 is 6.04 Å². The molecule has 20 heavy (non-hydrogen) atoms. The van der Waals surface area contributed by atoms with Crippen LogP contribution in [0.25, 0.3) is 0 Å². The van der Waals surface area contributed by atoms with Gasteiger partial charge in [-0.1, -0.05) is 6.92 Å². The first-order valence-corrected chi connectivity index (χ1v) is 6.99. The van der Waals surface area contributed by atoms with Gasteiger partial charge in [0.2, 0.25) is 5.91 Å². The smallest absolute Gasteiger partial charge is 0.252 e. The summed E-state index contributed by atoms with van der Waals surface area (Å²) in [4.78, 5) is 27.9. The standard InChI is InChI=1S/C14H20N4O2/c1-2-6-15-12-9-10(5-8-16-12)13(19)18-11-4-3-7-17-14(11)20/h5,8-9,11H,2-4,6-7H2,1H3,(H,15,16)(H,17,20)(H,18,19). The molecule has 0 aromatic carbocycles. The van der Waals surface area contributed by atoms with Crippen LogP contribution < -0.4 is 16.0 Å². The highest BCUT2D eigenvalue weighted by Crippen LogP contribution is 2.09. The largest absolute Gasteiger partial charge is 0.370 e. The Labute approximate surface area is 118 Å². The van der Waals surface area contributed by atoms with Crippen molar-refractivity contribution in [1.82, 2.24) is 15.6 Å². The molecule has 2 heterocycles. The van der Waals surface area contributed by atoms with Crippen molar-refractivity contribution >= 4 is 17.6 Å². The third-order valence-corrected chi connectivity index (χ3v) is 3.17. The summed E-state index contributed by atoms with van der Waals surface area (Å²) in [7, 11) is 0. The minimum Gasteiger partial charge on any atom is -0.370 e. The summed E-state index contributed by atoms with van der Waals surface area (Å²) in [5, 5.41) is 8.64. The first-order valence-electron chi connectivity index (χ1n) is 6.99. The predicted molar refractivity (Wildman–Crippen MR) is 76.5 cm³/mol. The van der Waals surface area contributed by atoms with E-state index in [0.29, 0.717) is 24.3 Å². The molecule has 0 radical (unpaired) electrons. The molecule has 1 saturated heterocycles. The number of carbonyl (C=O) groups excluding carboxylic acids is 2. The summed E-state index contributed by atoms with van der Waals surface area (Å²) >= 11 is 0.